The van der Waals surface area contributed by atoms with Gasteiger partial charge in [-0.25, -0.2) is 18.2 Å². The lowest BCUT2D eigenvalue weighted by Crippen LogP contribution is -2.49. The number of pyridine rings is 1. The normalized spacial score (nSPS) is 19.3. The average molecular weight is 472 g/mol. The van der Waals surface area contributed by atoms with Gasteiger partial charge in [0.25, 0.3) is 0 Å². The van der Waals surface area contributed by atoms with Crippen molar-refractivity contribution in [1.82, 2.24) is 14.5 Å². The molecule has 176 valence electrons. The van der Waals surface area contributed by atoms with E-state index in [1.807, 2.05) is 42.8 Å². The highest BCUT2D eigenvalue weighted by Gasteiger charge is 2.33. The maximum Gasteiger partial charge on any atom is 0.407 e. The van der Waals surface area contributed by atoms with Crippen molar-refractivity contribution < 1.29 is 23.1 Å². The molecule has 33 heavy (non-hydrogen) atoms. The highest BCUT2D eigenvalue weighted by Crippen LogP contribution is 2.27. The fourth-order valence-electron chi connectivity index (χ4n) is 4.39. The molecule has 0 saturated carbocycles. The van der Waals surface area contributed by atoms with E-state index in [-0.39, 0.29) is 18.1 Å². The SMILES string of the molecule is CC(C)C1CC(OCc2ccc(-n3ccc4cc(S(C)(=O)=O)ccc43)nc2)CCN1C(=O)O. The van der Waals surface area contributed by atoms with E-state index >= 15 is 0 Å². The lowest BCUT2D eigenvalue weighted by atomic mass is 9.91. The van der Waals surface area contributed by atoms with Gasteiger partial charge in [-0.05, 0) is 54.7 Å². The molecule has 3 heterocycles. The van der Waals surface area contributed by atoms with Gasteiger partial charge in [-0.3, -0.25) is 0 Å². The van der Waals surface area contributed by atoms with Crippen LogP contribution in [0.15, 0.2) is 53.7 Å². The number of fused-ring (bicyclic) bond motifs is 1. The predicted octanol–water partition coefficient (Wildman–Crippen LogP) is 4.11. The van der Waals surface area contributed by atoms with Crippen LogP contribution in [0.2, 0.25) is 0 Å². The molecule has 8 nitrogen and oxygen atoms in total. The number of amides is 1. The van der Waals surface area contributed by atoms with Crippen molar-refractivity contribution in [3.8, 4) is 5.82 Å². The fraction of sp³-hybridized carbons (Fsp3) is 0.417. The molecule has 0 spiro atoms. The van der Waals surface area contributed by atoms with Gasteiger partial charge in [0, 0.05) is 36.6 Å². The Hall–Kier alpha value is -2.91. The van der Waals surface area contributed by atoms with E-state index in [2.05, 4.69) is 4.98 Å². The third kappa shape index (κ3) is 5.04. The van der Waals surface area contributed by atoms with Crippen LogP contribution in [0.3, 0.4) is 0 Å². The average Bonchev–Trinajstić information content (AvgIpc) is 3.20. The molecule has 3 aromatic rings. The molecule has 0 aliphatic carbocycles. The second-order valence-electron chi connectivity index (χ2n) is 8.95. The number of carboxylic acid groups (broad SMARTS) is 1. The summed E-state index contributed by atoms with van der Waals surface area (Å²) in [6, 6.07) is 10.8. The second kappa shape index (κ2) is 9.15. The molecule has 9 heteroatoms. The van der Waals surface area contributed by atoms with Gasteiger partial charge in [-0.15, -0.1) is 0 Å². The summed E-state index contributed by atoms with van der Waals surface area (Å²) in [5.74, 6) is 0.967. The predicted molar refractivity (Wildman–Crippen MR) is 125 cm³/mol. The third-order valence-corrected chi connectivity index (χ3v) is 7.35. The first-order valence-corrected chi connectivity index (χ1v) is 12.9. The van der Waals surface area contributed by atoms with Crippen molar-refractivity contribution in [1.29, 1.82) is 0 Å². The summed E-state index contributed by atoms with van der Waals surface area (Å²) in [5.41, 5.74) is 1.82. The Morgan fingerprint density at radius 2 is 2.03 bits per heavy atom. The Balaban J connectivity index is 1.42. The van der Waals surface area contributed by atoms with Gasteiger partial charge in [0.2, 0.25) is 0 Å². The molecule has 1 aliphatic heterocycles. The number of hydrogen-bond acceptors (Lipinski definition) is 5. The first-order valence-electron chi connectivity index (χ1n) is 11.0. The Labute approximate surface area is 193 Å². The molecule has 1 saturated heterocycles. The van der Waals surface area contributed by atoms with Gasteiger partial charge in [0.1, 0.15) is 5.82 Å². The zero-order valence-corrected chi connectivity index (χ0v) is 19.8. The summed E-state index contributed by atoms with van der Waals surface area (Å²) in [4.78, 5) is 17.9. The van der Waals surface area contributed by atoms with E-state index in [9.17, 15) is 18.3 Å². The molecule has 2 aromatic heterocycles. The number of ether oxygens (including phenoxy) is 1. The quantitative estimate of drug-likeness (QED) is 0.580. The highest BCUT2D eigenvalue weighted by atomic mass is 32.2. The van der Waals surface area contributed by atoms with Crippen molar-refractivity contribution in [2.75, 3.05) is 12.8 Å². The maximum absolute atomic E-state index is 11.8. The molecule has 1 fully saturated rings. The lowest BCUT2D eigenvalue weighted by molar-refractivity contribution is -0.0277. The lowest BCUT2D eigenvalue weighted by Gasteiger charge is -2.39. The molecule has 0 radical (unpaired) electrons. The van der Waals surface area contributed by atoms with Crippen LogP contribution in [0.25, 0.3) is 16.7 Å². The maximum atomic E-state index is 11.8. The molecule has 0 bridgehead atoms. The largest absolute Gasteiger partial charge is 0.465 e. The topological polar surface area (TPSA) is 102 Å². The molecule has 2 atom stereocenters. The van der Waals surface area contributed by atoms with Gasteiger partial charge < -0.3 is 19.3 Å². The van der Waals surface area contributed by atoms with E-state index in [0.29, 0.717) is 30.9 Å². The summed E-state index contributed by atoms with van der Waals surface area (Å²) < 4.78 is 31.6. The van der Waals surface area contributed by atoms with Crippen LogP contribution < -0.4 is 0 Å². The van der Waals surface area contributed by atoms with Gasteiger partial charge in [-0.2, -0.15) is 0 Å². The van der Waals surface area contributed by atoms with Gasteiger partial charge in [-0.1, -0.05) is 19.9 Å². The van der Waals surface area contributed by atoms with Crippen LogP contribution in [0.4, 0.5) is 4.79 Å². The minimum absolute atomic E-state index is 0.0186. The van der Waals surface area contributed by atoms with Crippen molar-refractivity contribution >= 4 is 26.8 Å². The number of aromatic nitrogens is 2. The molecule has 2 unspecified atom stereocenters. The van der Waals surface area contributed by atoms with E-state index in [1.165, 1.54) is 11.2 Å². The Bertz CT molecular complexity index is 1250. The van der Waals surface area contributed by atoms with E-state index in [1.54, 1.807) is 24.4 Å². The van der Waals surface area contributed by atoms with E-state index in [0.717, 1.165) is 22.3 Å². The molecule has 1 aromatic carbocycles. The van der Waals surface area contributed by atoms with Crippen LogP contribution in [0, 0.1) is 5.92 Å². The van der Waals surface area contributed by atoms with Crippen molar-refractivity contribution in [3.05, 3.63) is 54.4 Å². The van der Waals surface area contributed by atoms with Crippen molar-refractivity contribution in [2.24, 2.45) is 5.92 Å². The van der Waals surface area contributed by atoms with Crippen LogP contribution in [0.1, 0.15) is 32.3 Å². The number of likely N-dealkylation sites (tertiary alicyclic amines) is 1. The van der Waals surface area contributed by atoms with Gasteiger partial charge in [0.05, 0.1) is 23.1 Å². The monoisotopic (exact) mass is 471 g/mol. The number of sulfone groups is 1. The number of rotatable bonds is 6. The van der Waals surface area contributed by atoms with E-state index < -0.39 is 15.9 Å². The Morgan fingerprint density at radius 1 is 1.24 bits per heavy atom. The van der Waals surface area contributed by atoms with E-state index in [4.69, 9.17) is 4.74 Å². The molecule has 1 amide bonds. The minimum atomic E-state index is -3.26. The van der Waals surface area contributed by atoms with Crippen LogP contribution in [-0.2, 0) is 21.2 Å². The first-order chi connectivity index (χ1) is 15.6. The Kier molecular flexibility index (Phi) is 6.45. The molecule has 4 rings (SSSR count). The second-order valence-corrected chi connectivity index (χ2v) is 11.0. The fourth-order valence-corrected chi connectivity index (χ4v) is 5.05. The van der Waals surface area contributed by atoms with Crippen molar-refractivity contribution in [3.63, 3.8) is 0 Å². The zero-order chi connectivity index (χ0) is 23.8. The summed E-state index contributed by atoms with van der Waals surface area (Å²) >= 11 is 0. The van der Waals surface area contributed by atoms with Crippen LogP contribution in [-0.4, -0.2) is 59.0 Å². The first kappa shape index (κ1) is 23.3. The van der Waals surface area contributed by atoms with Gasteiger partial charge in [0.15, 0.2) is 9.84 Å². The summed E-state index contributed by atoms with van der Waals surface area (Å²) in [6.45, 7) is 4.99. The van der Waals surface area contributed by atoms with Crippen LogP contribution in [0.5, 0.6) is 0 Å². The van der Waals surface area contributed by atoms with Crippen molar-refractivity contribution in [2.45, 2.75) is 50.3 Å². The molecule has 1 aliphatic rings. The zero-order valence-electron chi connectivity index (χ0n) is 19.0. The third-order valence-electron chi connectivity index (χ3n) is 6.24. The van der Waals surface area contributed by atoms with Gasteiger partial charge >= 0.3 is 6.09 Å². The minimum Gasteiger partial charge on any atom is -0.465 e. The number of piperidine rings is 1. The number of carbonyl (C=O) groups is 1. The summed E-state index contributed by atoms with van der Waals surface area (Å²) in [7, 11) is -3.26. The summed E-state index contributed by atoms with van der Waals surface area (Å²) in [5, 5.41) is 10.3. The summed E-state index contributed by atoms with van der Waals surface area (Å²) in [6.07, 6.45) is 5.38. The number of benzene rings is 1. The highest BCUT2D eigenvalue weighted by molar-refractivity contribution is 7.90. The molecular formula is C24H29N3O5S. The standard InChI is InChI=1S/C24H29N3O5S/c1-16(2)22-13-19(9-11-27(22)24(28)29)32-15-17-4-7-23(25-14-17)26-10-8-18-12-20(33(3,30)31)5-6-21(18)26/h4-8,10,12,14,16,19,22H,9,11,13,15H2,1-3H3,(H,28,29). The van der Waals surface area contributed by atoms with Crippen LogP contribution >= 0.6 is 0 Å². The number of nitrogens with zero attached hydrogens (tertiary/aromatic N) is 3. The molecular weight excluding hydrogens is 442 g/mol. The molecule has 1 N–H and O–H groups in total. The number of hydrogen-bond donors (Lipinski definition) is 1. The smallest absolute Gasteiger partial charge is 0.407 e. The Morgan fingerprint density at radius 3 is 2.67 bits per heavy atom.